The topological polar surface area (TPSA) is 79.2 Å². The van der Waals surface area contributed by atoms with Crippen molar-refractivity contribution in [2.24, 2.45) is 0 Å². The Kier molecular flexibility index (Phi) is 7.39. The van der Waals surface area contributed by atoms with Crippen LogP contribution < -0.4 is 21.2 Å². The van der Waals surface area contributed by atoms with E-state index in [4.69, 9.17) is 10.1 Å². The fourth-order valence-corrected chi connectivity index (χ4v) is 8.44. The minimum Gasteiger partial charge on any atom is -0.465 e. The Bertz CT molecular complexity index is 1280. The van der Waals surface area contributed by atoms with E-state index >= 15 is 0 Å². The van der Waals surface area contributed by atoms with E-state index in [0.717, 1.165) is 15.9 Å². The van der Waals surface area contributed by atoms with Gasteiger partial charge in [0.15, 0.2) is 0 Å². The summed E-state index contributed by atoms with van der Waals surface area (Å²) in [7, 11) is 1.28. The summed E-state index contributed by atoms with van der Waals surface area (Å²) in [6.07, 6.45) is 0. The normalized spacial score (nSPS) is 10.8. The Hall–Kier alpha value is -4.21. The number of hydrogen-bond acceptors (Lipinski definition) is 4. The molecule has 0 atom stereocenters. The molecule has 0 bridgehead atoms. The molecule has 4 rings (SSSR count). The second kappa shape index (κ2) is 10.8. The van der Waals surface area contributed by atoms with Crippen LogP contribution in [0.3, 0.4) is 0 Å². The number of hydrogen-bond donors (Lipinski definition) is 2. The molecule has 0 unspecified atom stereocenters. The third-order valence-electron chi connectivity index (χ3n) is 5.64. The maximum absolute atomic E-state index is 13.5. The van der Waals surface area contributed by atoms with Gasteiger partial charge in [0.25, 0.3) is 5.91 Å². The first-order chi connectivity index (χ1) is 17.1. The van der Waals surface area contributed by atoms with Gasteiger partial charge in [-0.1, -0.05) is 109 Å². The van der Waals surface area contributed by atoms with Crippen LogP contribution in [-0.4, -0.2) is 30.0 Å². The summed E-state index contributed by atoms with van der Waals surface area (Å²) in [5.41, 5.74) is 0.111. The number of esters is 1. The first-order valence-electron chi connectivity index (χ1n) is 11.1. The Morgan fingerprint density at radius 2 is 1.03 bits per heavy atom. The molecule has 0 heterocycles. The van der Waals surface area contributed by atoms with E-state index in [0.29, 0.717) is 5.69 Å². The third kappa shape index (κ3) is 4.72. The summed E-state index contributed by atoms with van der Waals surface area (Å²) >= 11 is 0. The average molecular weight is 481 g/mol. The predicted molar refractivity (Wildman–Crippen MR) is 145 cm³/mol. The lowest BCUT2D eigenvalue weighted by molar-refractivity contribution is -0.132. The van der Waals surface area contributed by atoms with Crippen molar-refractivity contribution < 1.29 is 14.3 Å². The first kappa shape index (κ1) is 23.9. The summed E-state index contributed by atoms with van der Waals surface area (Å²) < 4.78 is 5.24. The lowest BCUT2D eigenvalue weighted by Crippen LogP contribution is -2.42. The van der Waals surface area contributed by atoms with Gasteiger partial charge in [0.05, 0.1) is 12.4 Å². The molecule has 1 amide bonds. The zero-order chi connectivity index (χ0) is 24.7. The van der Waals surface area contributed by atoms with Crippen molar-refractivity contribution >= 4 is 51.4 Å². The van der Waals surface area contributed by atoms with Crippen LogP contribution >= 0.6 is 6.89 Å². The van der Waals surface area contributed by atoms with E-state index in [9.17, 15) is 9.59 Å². The minimum absolute atomic E-state index is 0.0389. The van der Waals surface area contributed by atoms with Gasteiger partial charge in [-0.3, -0.25) is 10.2 Å². The highest BCUT2D eigenvalue weighted by Gasteiger charge is 2.37. The minimum atomic E-state index is -2.99. The van der Waals surface area contributed by atoms with E-state index in [1.54, 1.807) is 24.3 Å². The summed E-state index contributed by atoms with van der Waals surface area (Å²) in [5, 5.41) is 14.3. The highest BCUT2D eigenvalue weighted by molar-refractivity contribution is 7.98. The van der Waals surface area contributed by atoms with Crippen LogP contribution in [0.25, 0.3) is 0 Å². The number of anilines is 1. The van der Waals surface area contributed by atoms with Crippen LogP contribution in [0.15, 0.2) is 121 Å². The molecule has 5 nitrogen and oxygen atoms in total. The van der Waals surface area contributed by atoms with Gasteiger partial charge < -0.3 is 10.1 Å². The first-order valence-corrected chi connectivity index (χ1v) is 12.8. The van der Waals surface area contributed by atoms with Crippen molar-refractivity contribution in [3.8, 4) is 0 Å². The Labute approximate surface area is 204 Å². The summed E-state index contributed by atoms with van der Waals surface area (Å²) in [6.45, 7) is -2.99. The molecule has 0 saturated heterocycles. The highest BCUT2D eigenvalue weighted by atomic mass is 31.2. The lowest BCUT2D eigenvalue weighted by Gasteiger charge is -2.31. The molecule has 2 N–H and O–H groups in total. The zero-order valence-electron chi connectivity index (χ0n) is 19.2. The third-order valence-corrected chi connectivity index (χ3v) is 9.94. The van der Waals surface area contributed by atoms with Gasteiger partial charge in [-0.2, -0.15) is 0 Å². The Balaban J connectivity index is 2.11. The molecule has 0 fully saturated rings. The van der Waals surface area contributed by atoms with Gasteiger partial charge >= 0.3 is 5.97 Å². The summed E-state index contributed by atoms with van der Waals surface area (Å²) in [6, 6.07) is 37.7. The number of methoxy groups -OCH3 is 1. The van der Waals surface area contributed by atoms with Gasteiger partial charge in [0.2, 0.25) is 0 Å². The molecule has 4 aromatic rings. The molecule has 0 aliphatic rings. The number of rotatable bonds is 7. The van der Waals surface area contributed by atoms with Crippen LogP contribution in [0.2, 0.25) is 0 Å². The van der Waals surface area contributed by atoms with Gasteiger partial charge in [-0.25, -0.2) is 4.79 Å². The molecule has 0 saturated carbocycles. The Morgan fingerprint density at radius 1 is 0.657 bits per heavy atom. The van der Waals surface area contributed by atoms with Crippen LogP contribution in [-0.2, 0) is 14.3 Å². The summed E-state index contributed by atoms with van der Waals surface area (Å²) in [4.78, 5) is 26.9. The van der Waals surface area contributed by atoms with Gasteiger partial charge in [-0.15, -0.1) is 0 Å². The SMILES string of the molecule is COC(=O)C(C(=N)C(=O)Nc1ccccc1)=P(c1ccccc1)(c1ccccc1)c1ccccc1. The van der Waals surface area contributed by atoms with E-state index in [2.05, 4.69) is 5.32 Å². The van der Waals surface area contributed by atoms with E-state index in [-0.39, 0.29) is 5.29 Å². The highest BCUT2D eigenvalue weighted by Crippen LogP contribution is 2.46. The number of carbonyl (C=O) groups excluding carboxylic acids is 2. The molecule has 0 radical (unpaired) electrons. The smallest absolute Gasteiger partial charge is 0.341 e. The molecular weight excluding hydrogens is 455 g/mol. The number of nitrogens with one attached hydrogen (secondary N) is 2. The fraction of sp³-hybridized carbons (Fsp3) is 0.0345. The standard InChI is InChI=1S/C29H25N2O3P/c1-34-29(33)27(26(30)28(32)31-22-14-6-2-7-15-22)35(23-16-8-3-9-17-23,24-18-10-4-11-19-24)25-20-12-5-13-21-25/h2-21,30H,1H3,(H,31,32). The molecule has 0 aliphatic carbocycles. The molecular formula is C29H25N2O3P. The number of amides is 1. The van der Waals surface area contributed by atoms with Crippen molar-refractivity contribution in [1.29, 1.82) is 5.41 Å². The van der Waals surface area contributed by atoms with Crippen LogP contribution in [0.4, 0.5) is 5.69 Å². The maximum atomic E-state index is 13.5. The second-order valence-corrected chi connectivity index (χ2v) is 11.1. The van der Waals surface area contributed by atoms with E-state index in [1.165, 1.54) is 7.11 Å². The maximum Gasteiger partial charge on any atom is 0.341 e. The molecule has 0 aromatic heterocycles. The predicted octanol–water partition coefficient (Wildman–Crippen LogP) is 3.98. The van der Waals surface area contributed by atoms with Crippen molar-refractivity contribution in [1.82, 2.24) is 0 Å². The van der Waals surface area contributed by atoms with Gasteiger partial charge in [0, 0.05) is 5.69 Å². The van der Waals surface area contributed by atoms with E-state index in [1.807, 2.05) is 97.1 Å². The van der Waals surface area contributed by atoms with Crippen molar-refractivity contribution in [2.75, 3.05) is 12.4 Å². The number of benzene rings is 4. The summed E-state index contributed by atoms with van der Waals surface area (Å²) in [5.74, 6) is -1.38. The zero-order valence-corrected chi connectivity index (χ0v) is 20.1. The lowest BCUT2D eigenvalue weighted by atomic mass is 10.2. The molecule has 174 valence electrons. The van der Waals surface area contributed by atoms with Crippen molar-refractivity contribution in [3.05, 3.63) is 121 Å². The van der Waals surface area contributed by atoms with Crippen molar-refractivity contribution in [2.45, 2.75) is 0 Å². The molecule has 35 heavy (non-hydrogen) atoms. The molecule has 0 spiro atoms. The molecule has 6 heteroatoms. The quantitative estimate of drug-likeness (QED) is 0.239. The monoisotopic (exact) mass is 480 g/mol. The molecule has 4 aromatic carbocycles. The van der Waals surface area contributed by atoms with Crippen LogP contribution in [0, 0.1) is 5.41 Å². The second-order valence-electron chi connectivity index (χ2n) is 7.71. The van der Waals surface area contributed by atoms with Gasteiger partial charge in [-0.05, 0) is 34.9 Å². The number of ether oxygens (including phenoxy) is 1. The number of carbonyl (C=O) groups is 2. The van der Waals surface area contributed by atoms with Gasteiger partial charge in [0.1, 0.15) is 5.71 Å². The van der Waals surface area contributed by atoms with Crippen molar-refractivity contribution in [3.63, 3.8) is 0 Å². The van der Waals surface area contributed by atoms with Crippen LogP contribution in [0.1, 0.15) is 0 Å². The number of para-hydroxylation sites is 1. The Morgan fingerprint density at radius 3 is 1.40 bits per heavy atom. The average Bonchev–Trinajstić information content (AvgIpc) is 2.93. The van der Waals surface area contributed by atoms with E-state index < -0.39 is 24.5 Å². The largest absolute Gasteiger partial charge is 0.465 e. The fourth-order valence-electron chi connectivity index (χ4n) is 4.12. The molecule has 0 aliphatic heterocycles. The van der Waals surface area contributed by atoms with Crippen LogP contribution in [0.5, 0.6) is 0 Å².